The second-order valence-electron chi connectivity index (χ2n) is 7.61. The highest BCUT2D eigenvalue weighted by atomic mass is 32.2. The molecule has 2 aromatic heterocycles. The molecule has 4 aromatic rings. The van der Waals surface area contributed by atoms with Gasteiger partial charge in [-0.3, -0.25) is 14.9 Å². The number of rotatable bonds is 7. The molecule has 0 saturated carbocycles. The monoisotopic (exact) mass is 464 g/mol. The predicted octanol–water partition coefficient (Wildman–Crippen LogP) is 3.24. The van der Waals surface area contributed by atoms with Crippen LogP contribution in [-0.4, -0.2) is 55.4 Å². The highest BCUT2D eigenvalue weighted by Crippen LogP contribution is 2.27. The Balaban J connectivity index is 1.43. The minimum absolute atomic E-state index is 0.000100. The van der Waals surface area contributed by atoms with E-state index in [1.54, 1.807) is 16.6 Å². The van der Waals surface area contributed by atoms with E-state index in [9.17, 15) is 14.9 Å². The number of hydrogen-bond acceptors (Lipinski definition) is 8. The van der Waals surface area contributed by atoms with E-state index in [-0.39, 0.29) is 23.5 Å². The molecule has 33 heavy (non-hydrogen) atoms. The zero-order valence-electron chi connectivity index (χ0n) is 17.5. The number of non-ortho nitro benzene ring substituents is 1. The van der Waals surface area contributed by atoms with Gasteiger partial charge in [0, 0.05) is 36.2 Å². The van der Waals surface area contributed by atoms with Gasteiger partial charge in [0.2, 0.25) is 5.91 Å². The highest BCUT2D eigenvalue weighted by Gasteiger charge is 2.18. The Bertz CT molecular complexity index is 1330. The molecule has 2 aromatic carbocycles. The van der Waals surface area contributed by atoms with Crippen LogP contribution in [0.5, 0.6) is 0 Å². The Morgan fingerprint density at radius 1 is 1.21 bits per heavy atom. The SMILES string of the molecule is O=C(CSc1nc2ccccc2c2nc(-c3ccc([N+](=O)[O-])cc3)nn12)NC[C@@H]1CCCO1. The molecule has 0 aliphatic carbocycles. The number of carbonyl (C=O) groups is 1. The van der Waals surface area contributed by atoms with E-state index < -0.39 is 4.92 Å². The lowest BCUT2D eigenvalue weighted by atomic mass is 10.2. The Morgan fingerprint density at radius 3 is 2.79 bits per heavy atom. The lowest BCUT2D eigenvalue weighted by molar-refractivity contribution is -0.384. The van der Waals surface area contributed by atoms with Gasteiger partial charge in [-0.05, 0) is 37.1 Å². The van der Waals surface area contributed by atoms with Gasteiger partial charge in [-0.15, -0.1) is 5.10 Å². The third-order valence-electron chi connectivity index (χ3n) is 5.37. The lowest BCUT2D eigenvalue weighted by Crippen LogP contribution is -2.32. The van der Waals surface area contributed by atoms with E-state index in [2.05, 4.69) is 20.4 Å². The molecule has 11 heteroatoms. The first-order valence-corrected chi connectivity index (χ1v) is 11.5. The Labute approximate surface area is 192 Å². The van der Waals surface area contributed by atoms with E-state index in [0.717, 1.165) is 30.4 Å². The first-order valence-electron chi connectivity index (χ1n) is 10.5. The molecule has 1 amide bonds. The summed E-state index contributed by atoms with van der Waals surface area (Å²) in [5, 5.41) is 19.8. The molecule has 1 fully saturated rings. The highest BCUT2D eigenvalue weighted by molar-refractivity contribution is 7.99. The number of nitrogens with one attached hydrogen (secondary N) is 1. The molecule has 1 saturated heterocycles. The average molecular weight is 465 g/mol. The number of ether oxygens (including phenoxy) is 1. The van der Waals surface area contributed by atoms with Gasteiger partial charge >= 0.3 is 0 Å². The van der Waals surface area contributed by atoms with Crippen LogP contribution in [0.25, 0.3) is 27.9 Å². The molecule has 10 nitrogen and oxygen atoms in total. The molecular formula is C22H20N6O4S. The molecule has 0 radical (unpaired) electrons. The number of aromatic nitrogens is 4. The van der Waals surface area contributed by atoms with Crippen LogP contribution in [-0.2, 0) is 9.53 Å². The molecule has 3 heterocycles. The number of thioether (sulfide) groups is 1. The molecule has 0 unspecified atom stereocenters. The van der Waals surface area contributed by atoms with E-state index in [1.165, 1.54) is 23.9 Å². The molecule has 1 aliphatic heterocycles. The average Bonchev–Trinajstić information content (AvgIpc) is 3.52. The number of hydrogen-bond donors (Lipinski definition) is 1. The lowest BCUT2D eigenvalue weighted by Gasteiger charge is -2.10. The zero-order valence-corrected chi connectivity index (χ0v) is 18.3. The minimum Gasteiger partial charge on any atom is -0.376 e. The van der Waals surface area contributed by atoms with Crippen LogP contribution in [0.4, 0.5) is 5.69 Å². The Morgan fingerprint density at radius 2 is 2.03 bits per heavy atom. The number of fused-ring (bicyclic) bond motifs is 3. The van der Waals surface area contributed by atoms with E-state index in [1.807, 2.05) is 24.3 Å². The molecule has 1 atom stereocenters. The smallest absolute Gasteiger partial charge is 0.269 e. The number of para-hydroxylation sites is 1. The quantitative estimate of drug-likeness (QED) is 0.191. The molecule has 1 aliphatic rings. The van der Waals surface area contributed by atoms with Crippen LogP contribution in [0.15, 0.2) is 53.7 Å². The summed E-state index contributed by atoms with van der Waals surface area (Å²) in [4.78, 5) is 32.2. The van der Waals surface area contributed by atoms with Crippen molar-refractivity contribution in [2.75, 3.05) is 18.9 Å². The van der Waals surface area contributed by atoms with Gasteiger partial charge in [0.05, 0.1) is 22.3 Å². The summed E-state index contributed by atoms with van der Waals surface area (Å²) in [7, 11) is 0. The molecule has 0 bridgehead atoms. The maximum atomic E-state index is 12.4. The van der Waals surface area contributed by atoms with Crippen molar-refractivity contribution >= 4 is 39.9 Å². The van der Waals surface area contributed by atoms with Gasteiger partial charge in [-0.1, -0.05) is 23.9 Å². The fourth-order valence-electron chi connectivity index (χ4n) is 3.69. The van der Waals surface area contributed by atoms with E-state index in [0.29, 0.717) is 28.7 Å². The second kappa shape index (κ2) is 9.12. The first kappa shape index (κ1) is 21.3. The predicted molar refractivity (Wildman–Crippen MR) is 123 cm³/mol. The summed E-state index contributed by atoms with van der Waals surface area (Å²) in [6.45, 7) is 1.26. The fraction of sp³-hybridized carbons (Fsp3) is 0.273. The number of benzene rings is 2. The summed E-state index contributed by atoms with van der Waals surface area (Å²) in [5.41, 5.74) is 2.00. The second-order valence-corrected chi connectivity index (χ2v) is 8.56. The topological polar surface area (TPSA) is 125 Å². The third-order valence-corrected chi connectivity index (χ3v) is 6.30. The number of carbonyl (C=O) groups excluding carboxylic acids is 1. The van der Waals surface area contributed by atoms with Crippen molar-refractivity contribution in [1.29, 1.82) is 0 Å². The van der Waals surface area contributed by atoms with Crippen molar-refractivity contribution in [1.82, 2.24) is 24.9 Å². The summed E-state index contributed by atoms with van der Waals surface area (Å²) in [6.07, 6.45) is 2.08. The van der Waals surface area contributed by atoms with Gasteiger partial charge < -0.3 is 10.1 Å². The fourth-order valence-corrected chi connectivity index (χ4v) is 4.47. The van der Waals surface area contributed by atoms with Gasteiger partial charge in [0.15, 0.2) is 16.6 Å². The van der Waals surface area contributed by atoms with Crippen molar-refractivity contribution in [2.24, 2.45) is 0 Å². The van der Waals surface area contributed by atoms with Crippen LogP contribution in [0.3, 0.4) is 0 Å². The largest absolute Gasteiger partial charge is 0.376 e. The van der Waals surface area contributed by atoms with Gasteiger partial charge in [-0.25, -0.2) is 9.97 Å². The van der Waals surface area contributed by atoms with Crippen LogP contribution in [0.1, 0.15) is 12.8 Å². The third kappa shape index (κ3) is 4.50. The number of nitro groups is 1. The van der Waals surface area contributed by atoms with Crippen LogP contribution >= 0.6 is 11.8 Å². The molecule has 0 spiro atoms. The van der Waals surface area contributed by atoms with Crippen LogP contribution in [0, 0.1) is 10.1 Å². The number of nitrogens with zero attached hydrogens (tertiary/aromatic N) is 5. The van der Waals surface area contributed by atoms with Gasteiger partial charge in [0.1, 0.15) is 0 Å². The van der Waals surface area contributed by atoms with Crippen molar-refractivity contribution in [2.45, 2.75) is 24.1 Å². The van der Waals surface area contributed by atoms with Crippen molar-refractivity contribution in [3.8, 4) is 11.4 Å². The maximum Gasteiger partial charge on any atom is 0.269 e. The maximum absolute atomic E-state index is 12.4. The van der Waals surface area contributed by atoms with Crippen molar-refractivity contribution in [3.05, 3.63) is 58.6 Å². The van der Waals surface area contributed by atoms with Crippen molar-refractivity contribution in [3.63, 3.8) is 0 Å². The zero-order chi connectivity index (χ0) is 22.8. The Hall–Kier alpha value is -3.57. The standard InChI is InChI=1S/C22H20N6O4S/c29-19(23-12-16-4-3-11-32-16)13-33-22-24-18-6-2-1-5-17(18)21-25-20(26-27(21)22)14-7-9-15(10-8-14)28(30)31/h1-2,5-10,16H,3-4,11-13H2,(H,23,29)/t16-/m0/s1. The molecule has 168 valence electrons. The normalized spacial score (nSPS) is 15.8. The van der Waals surface area contributed by atoms with E-state index >= 15 is 0 Å². The number of amides is 1. The van der Waals surface area contributed by atoms with Gasteiger partial charge in [-0.2, -0.15) is 4.52 Å². The summed E-state index contributed by atoms with van der Waals surface area (Å²) in [5.74, 6) is 0.502. The molecule has 1 N–H and O–H groups in total. The van der Waals surface area contributed by atoms with Crippen LogP contribution in [0.2, 0.25) is 0 Å². The Kier molecular flexibility index (Phi) is 5.88. The van der Waals surface area contributed by atoms with E-state index in [4.69, 9.17) is 4.74 Å². The minimum atomic E-state index is -0.447. The summed E-state index contributed by atoms with van der Waals surface area (Å²) < 4.78 is 7.17. The van der Waals surface area contributed by atoms with Crippen LogP contribution < -0.4 is 5.32 Å². The molecular weight excluding hydrogens is 444 g/mol. The molecule has 5 rings (SSSR count). The van der Waals surface area contributed by atoms with Gasteiger partial charge in [0.25, 0.3) is 5.69 Å². The number of nitro benzene ring substituents is 1. The summed E-state index contributed by atoms with van der Waals surface area (Å²) in [6, 6.07) is 13.7. The summed E-state index contributed by atoms with van der Waals surface area (Å²) >= 11 is 1.28. The first-order chi connectivity index (χ1) is 16.1. The van der Waals surface area contributed by atoms with Crippen molar-refractivity contribution < 1.29 is 14.5 Å².